The normalized spacial score (nSPS) is 16.7. The molecular formula is C20H26N8OS. The molecule has 4 rings (SSSR count). The molecule has 3 aromatic rings. The number of thiazole rings is 1. The molecule has 1 unspecified atom stereocenters. The van der Waals surface area contributed by atoms with Gasteiger partial charge in [-0.3, -0.25) is 0 Å². The zero-order valence-electron chi connectivity index (χ0n) is 17.4. The minimum absolute atomic E-state index is 0.0563. The number of carbonyl (C=O) groups excluding carboxylic acids is 1. The first-order valence-electron chi connectivity index (χ1n) is 9.85. The number of nitrogens with one attached hydrogen (secondary N) is 1. The van der Waals surface area contributed by atoms with Gasteiger partial charge in [-0.1, -0.05) is 12.1 Å². The number of hydrogen-bond acceptors (Lipinski definition) is 8. The Kier molecular flexibility index (Phi) is 5.58. The van der Waals surface area contributed by atoms with E-state index in [0.29, 0.717) is 26.2 Å². The highest BCUT2D eigenvalue weighted by Crippen LogP contribution is 2.28. The van der Waals surface area contributed by atoms with Crippen LogP contribution in [0.1, 0.15) is 12.5 Å². The lowest BCUT2D eigenvalue weighted by molar-refractivity contribution is 0.186. The number of benzene rings is 1. The molecule has 1 saturated heterocycles. The van der Waals surface area contributed by atoms with E-state index in [1.54, 1.807) is 5.51 Å². The van der Waals surface area contributed by atoms with Crippen molar-refractivity contribution in [1.82, 2.24) is 25.2 Å². The number of nitrogen functional groups attached to an aromatic ring is 1. The number of carbonyl (C=O) groups is 1. The molecule has 2 amide bonds. The Hall–Kier alpha value is -3.14. The minimum Gasteiger partial charge on any atom is -0.378 e. The van der Waals surface area contributed by atoms with Gasteiger partial charge in [0.25, 0.3) is 0 Å². The van der Waals surface area contributed by atoms with Crippen LogP contribution in [0.15, 0.2) is 29.8 Å². The van der Waals surface area contributed by atoms with Gasteiger partial charge in [-0.05, 0) is 24.6 Å². The van der Waals surface area contributed by atoms with Crippen LogP contribution in [0.25, 0.3) is 10.3 Å². The van der Waals surface area contributed by atoms with E-state index in [2.05, 4.69) is 44.2 Å². The molecule has 2 aromatic heterocycles. The summed E-state index contributed by atoms with van der Waals surface area (Å²) in [7, 11) is 4.01. The first-order valence-corrected chi connectivity index (χ1v) is 10.7. The van der Waals surface area contributed by atoms with E-state index in [0.717, 1.165) is 27.4 Å². The Bertz CT molecular complexity index is 1030. The van der Waals surface area contributed by atoms with Gasteiger partial charge < -0.3 is 25.8 Å². The maximum absolute atomic E-state index is 12.7. The average Bonchev–Trinajstić information content (AvgIpc) is 3.20. The number of fused-ring (bicyclic) bond motifs is 1. The number of nitrogens with zero attached hydrogens (tertiary/aromatic N) is 6. The second-order valence-corrected chi connectivity index (χ2v) is 8.45. The Balaban J connectivity index is 1.38. The highest BCUT2D eigenvalue weighted by molar-refractivity contribution is 7.16. The number of aromatic nitrogens is 3. The monoisotopic (exact) mass is 426 g/mol. The number of urea groups is 1. The summed E-state index contributed by atoms with van der Waals surface area (Å²) in [5, 5.41) is 3.03. The maximum atomic E-state index is 12.7. The lowest BCUT2D eigenvalue weighted by atomic mass is 10.2. The summed E-state index contributed by atoms with van der Waals surface area (Å²) in [5.74, 6) is 0.988. The molecule has 1 atom stereocenters. The van der Waals surface area contributed by atoms with Crippen LogP contribution < -0.4 is 20.9 Å². The highest BCUT2D eigenvalue weighted by Gasteiger charge is 2.29. The molecule has 1 fully saturated rings. The number of nitrogens with two attached hydrogens (primary N) is 1. The van der Waals surface area contributed by atoms with Crippen molar-refractivity contribution >= 4 is 45.2 Å². The van der Waals surface area contributed by atoms with E-state index in [-0.39, 0.29) is 18.0 Å². The van der Waals surface area contributed by atoms with Crippen LogP contribution in [0.2, 0.25) is 0 Å². The Morgan fingerprint density at radius 1 is 1.27 bits per heavy atom. The van der Waals surface area contributed by atoms with E-state index in [1.165, 1.54) is 11.3 Å². The maximum Gasteiger partial charge on any atom is 0.317 e. The first-order chi connectivity index (χ1) is 14.4. The third-order valence-electron chi connectivity index (χ3n) is 5.28. The summed E-state index contributed by atoms with van der Waals surface area (Å²) >= 11 is 1.45. The summed E-state index contributed by atoms with van der Waals surface area (Å²) in [4.78, 5) is 32.6. The van der Waals surface area contributed by atoms with Crippen LogP contribution in [0.4, 0.5) is 22.2 Å². The first kappa shape index (κ1) is 20.1. The Labute approximate surface area is 179 Å². The molecule has 1 aliphatic heterocycles. The third kappa shape index (κ3) is 4.09. The highest BCUT2D eigenvalue weighted by atomic mass is 32.1. The van der Waals surface area contributed by atoms with Crippen LogP contribution in [0, 0.1) is 0 Å². The molecule has 1 aliphatic rings. The van der Waals surface area contributed by atoms with Gasteiger partial charge in [0.1, 0.15) is 5.52 Å². The van der Waals surface area contributed by atoms with E-state index in [9.17, 15) is 4.79 Å². The van der Waals surface area contributed by atoms with Gasteiger partial charge in [0.2, 0.25) is 5.95 Å². The summed E-state index contributed by atoms with van der Waals surface area (Å²) < 4.78 is 0. The zero-order valence-corrected chi connectivity index (χ0v) is 18.2. The largest absolute Gasteiger partial charge is 0.378 e. The number of piperazine rings is 1. The van der Waals surface area contributed by atoms with Crippen LogP contribution in [-0.4, -0.2) is 65.7 Å². The fraction of sp³-hybridized carbons (Fsp3) is 0.400. The van der Waals surface area contributed by atoms with E-state index < -0.39 is 0 Å². The van der Waals surface area contributed by atoms with Crippen molar-refractivity contribution in [3.63, 3.8) is 0 Å². The Morgan fingerprint density at radius 3 is 2.73 bits per heavy atom. The standard InChI is InChI=1S/C20H26N8OS/c1-13-11-27(20(29)22-10-14-4-6-15(7-5-14)26(2)3)8-9-28(13)17-16-18(30-12-23-16)25-19(21)24-17/h4-7,12-13H,8-11H2,1-3H3,(H,22,29)(H2,21,24,25). The molecule has 9 nitrogen and oxygen atoms in total. The number of anilines is 3. The van der Waals surface area contributed by atoms with Gasteiger partial charge in [0, 0.05) is 52.0 Å². The zero-order chi connectivity index (χ0) is 21.3. The van der Waals surface area contributed by atoms with Gasteiger partial charge in [-0.15, -0.1) is 11.3 Å². The summed E-state index contributed by atoms with van der Waals surface area (Å²) in [6, 6.07) is 8.20. The lowest BCUT2D eigenvalue weighted by Crippen LogP contribution is -2.56. The molecule has 0 bridgehead atoms. The topological polar surface area (TPSA) is 104 Å². The van der Waals surface area contributed by atoms with E-state index in [4.69, 9.17) is 5.73 Å². The van der Waals surface area contributed by atoms with Gasteiger partial charge in [-0.2, -0.15) is 4.98 Å². The summed E-state index contributed by atoms with van der Waals surface area (Å²) in [5.41, 5.74) is 10.6. The SMILES string of the molecule is CC1CN(C(=O)NCc2ccc(N(C)C)cc2)CCN1c1nc(N)nc2scnc12. The van der Waals surface area contributed by atoms with Crippen molar-refractivity contribution in [2.24, 2.45) is 0 Å². The number of amides is 2. The molecule has 0 saturated carbocycles. The van der Waals surface area contributed by atoms with Crippen molar-refractivity contribution in [2.45, 2.75) is 19.5 Å². The summed E-state index contributed by atoms with van der Waals surface area (Å²) in [6.07, 6.45) is 0. The van der Waals surface area contributed by atoms with Gasteiger partial charge in [-0.25, -0.2) is 14.8 Å². The fourth-order valence-electron chi connectivity index (χ4n) is 3.62. The molecule has 3 N–H and O–H groups in total. The lowest BCUT2D eigenvalue weighted by Gasteiger charge is -2.40. The molecular weight excluding hydrogens is 400 g/mol. The van der Waals surface area contributed by atoms with Crippen molar-refractivity contribution < 1.29 is 4.79 Å². The van der Waals surface area contributed by atoms with Gasteiger partial charge in [0.05, 0.1) is 5.51 Å². The van der Waals surface area contributed by atoms with Crippen molar-refractivity contribution in [1.29, 1.82) is 0 Å². The third-order valence-corrected chi connectivity index (χ3v) is 6.00. The van der Waals surface area contributed by atoms with Gasteiger partial charge >= 0.3 is 6.03 Å². The summed E-state index contributed by atoms with van der Waals surface area (Å²) in [6.45, 7) is 4.44. The van der Waals surface area contributed by atoms with Gasteiger partial charge in [0.15, 0.2) is 10.6 Å². The minimum atomic E-state index is -0.0563. The number of rotatable bonds is 4. The molecule has 0 aliphatic carbocycles. The Morgan fingerprint density at radius 2 is 2.03 bits per heavy atom. The molecule has 158 valence electrons. The quantitative estimate of drug-likeness (QED) is 0.659. The van der Waals surface area contributed by atoms with E-state index in [1.807, 2.05) is 36.0 Å². The molecule has 1 aromatic carbocycles. The predicted molar refractivity (Wildman–Crippen MR) is 121 cm³/mol. The molecule has 3 heterocycles. The van der Waals surface area contributed by atoms with Crippen molar-refractivity contribution in [3.05, 3.63) is 35.3 Å². The average molecular weight is 427 g/mol. The number of hydrogen-bond donors (Lipinski definition) is 2. The van der Waals surface area contributed by atoms with Crippen LogP contribution in [-0.2, 0) is 6.54 Å². The van der Waals surface area contributed by atoms with E-state index >= 15 is 0 Å². The molecule has 0 radical (unpaired) electrons. The molecule has 0 spiro atoms. The molecule has 10 heteroatoms. The predicted octanol–water partition coefficient (Wildman–Crippen LogP) is 2.15. The van der Waals surface area contributed by atoms with Crippen molar-refractivity contribution in [2.75, 3.05) is 49.3 Å². The fourth-order valence-corrected chi connectivity index (χ4v) is 4.28. The molecule has 30 heavy (non-hydrogen) atoms. The second kappa shape index (κ2) is 8.31. The van der Waals surface area contributed by atoms with Crippen LogP contribution >= 0.6 is 11.3 Å². The van der Waals surface area contributed by atoms with Crippen molar-refractivity contribution in [3.8, 4) is 0 Å². The second-order valence-electron chi connectivity index (χ2n) is 7.62. The van der Waals surface area contributed by atoms with Crippen LogP contribution in [0.5, 0.6) is 0 Å². The smallest absolute Gasteiger partial charge is 0.317 e. The van der Waals surface area contributed by atoms with Crippen LogP contribution in [0.3, 0.4) is 0 Å².